The van der Waals surface area contributed by atoms with E-state index < -0.39 is 0 Å². The molecule has 0 N–H and O–H groups in total. The molecule has 60 valence electrons. The smallest absolute Gasteiger partial charge is 0.147 e. The van der Waals surface area contributed by atoms with Crippen LogP contribution in [0.3, 0.4) is 0 Å². The average Bonchev–Trinajstić information content (AvgIpc) is 2.05. The van der Waals surface area contributed by atoms with Crippen LogP contribution in [0.2, 0.25) is 0 Å². The van der Waals surface area contributed by atoms with Crippen LogP contribution in [0.4, 0.5) is 0 Å². The fraction of sp³-hybridized carbons (Fsp3) is 1.00. The standard InChI is InChI=1S/C8H16O2/c1-3-7(2)8-4-5-9-6-10-8/h7-8H,3-6H2,1-2H3. The van der Waals surface area contributed by atoms with Gasteiger partial charge in [-0.1, -0.05) is 20.3 Å². The minimum absolute atomic E-state index is 0.443. The third kappa shape index (κ3) is 1.96. The lowest BCUT2D eigenvalue weighted by Gasteiger charge is -2.27. The van der Waals surface area contributed by atoms with Crippen LogP contribution >= 0.6 is 0 Å². The van der Waals surface area contributed by atoms with E-state index in [1.807, 2.05) is 0 Å². The minimum Gasteiger partial charge on any atom is -0.355 e. The molecule has 1 fully saturated rings. The summed E-state index contributed by atoms with van der Waals surface area (Å²) < 4.78 is 10.5. The minimum atomic E-state index is 0.443. The summed E-state index contributed by atoms with van der Waals surface area (Å²) in [4.78, 5) is 0. The summed E-state index contributed by atoms with van der Waals surface area (Å²) >= 11 is 0. The molecule has 0 saturated carbocycles. The van der Waals surface area contributed by atoms with Gasteiger partial charge in [-0.2, -0.15) is 0 Å². The number of rotatable bonds is 2. The highest BCUT2D eigenvalue weighted by atomic mass is 16.7. The van der Waals surface area contributed by atoms with Crippen molar-refractivity contribution >= 4 is 0 Å². The second kappa shape index (κ2) is 3.94. The van der Waals surface area contributed by atoms with Gasteiger partial charge in [0.25, 0.3) is 0 Å². The van der Waals surface area contributed by atoms with Gasteiger partial charge in [-0.25, -0.2) is 0 Å². The van der Waals surface area contributed by atoms with Crippen LogP contribution in [-0.4, -0.2) is 19.5 Å². The highest BCUT2D eigenvalue weighted by Gasteiger charge is 2.19. The van der Waals surface area contributed by atoms with Crippen LogP contribution in [0, 0.1) is 5.92 Å². The third-order valence-corrected chi connectivity index (χ3v) is 2.19. The largest absolute Gasteiger partial charge is 0.355 e. The first-order chi connectivity index (χ1) is 4.84. The van der Waals surface area contributed by atoms with Crippen LogP contribution < -0.4 is 0 Å². The van der Waals surface area contributed by atoms with Gasteiger partial charge < -0.3 is 9.47 Å². The van der Waals surface area contributed by atoms with Crippen LogP contribution in [-0.2, 0) is 9.47 Å². The zero-order chi connectivity index (χ0) is 7.40. The predicted octanol–water partition coefficient (Wildman–Crippen LogP) is 1.80. The summed E-state index contributed by atoms with van der Waals surface area (Å²) in [6.45, 7) is 5.80. The fourth-order valence-corrected chi connectivity index (χ4v) is 1.19. The maximum Gasteiger partial charge on any atom is 0.147 e. The van der Waals surface area contributed by atoms with Gasteiger partial charge >= 0.3 is 0 Å². The molecular weight excluding hydrogens is 128 g/mol. The normalized spacial score (nSPS) is 30.0. The zero-order valence-electron chi connectivity index (χ0n) is 6.80. The van der Waals surface area contributed by atoms with Crippen LogP contribution in [0.25, 0.3) is 0 Å². The Hall–Kier alpha value is -0.0800. The molecular formula is C8H16O2. The molecule has 0 amide bonds. The number of hydrogen-bond acceptors (Lipinski definition) is 2. The molecule has 0 spiro atoms. The molecule has 2 unspecified atom stereocenters. The van der Waals surface area contributed by atoms with Crippen molar-refractivity contribution < 1.29 is 9.47 Å². The molecule has 0 bridgehead atoms. The quantitative estimate of drug-likeness (QED) is 0.588. The van der Waals surface area contributed by atoms with Gasteiger partial charge in [0.2, 0.25) is 0 Å². The van der Waals surface area contributed by atoms with Crippen molar-refractivity contribution in [3.8, 4) is 0 Å². The first kappa shape index (κ1) is 8.02. The molecule has 10 heavy (non-hydrogen) atoms. The Morgan fingerprint density at radius 2 is 2.40 bits per heavy atom. The van der Waals surface area contributed by atoms with Gasteiger partial charge in [0, 0.05) is 0 Å². The van der Waals surface area contributed by atoms with E-state index in [0.29, 0.717) is 18.8 Å². The van der Waals surface area contributed by atoms with Gasteiger partial charge in [0.05, 0.1) is 12.7 Å². The van der Waals surface area contributed by atoms with Crippen LogP contribution in [0.5, 0.6) is 0 Å². The molecule has 2 atom stereocenters. The monoisotopic (exact) mass is 144 g/mol. The summed E-state index contributed by atoms with van der Waals surface area (Å²) in [5, 5.41) is 0. The molecule has 2 heteroatoms. The lowest BCUT2D eigenvalue weighted by atomic mass is 9.99. The van der Waals surface area contributed by atoms with Gasteiger partial charge in [0.1, 0.15) is 6.79 Å². The van der Waals surface area contributed by atoms with E-state index in [0.717, 1.165) is 13.0 Å². The summed E-state index contributed by atoms with van der Waals surface area (Å²) in [5.74, 6) is 0.684. The molecule has 0 radical (unpaired) electrons. The van der Waals surface area contributed by atoms with E-state index >= 15 is 0 Å². The molecule has 1 saturated heterocycles. The Labute approximate surface area is 62.5 Å². The van der Waals surface area contributed by atoms with Crippen molar-refractivity contribution in [2.75, 3.05) is 13.4 Å². The van der Waals surface area contributed by atoms with E-state index in [-0.39, 0.29) is 0 Å². The number of ether oxygens (including phenoxy) is 2. The lowest BCUT2D eigenvalue weighted by molar-refractivity contribution is -0.153. The highest BCUT2D eigenvalue weighted by Crippen LogP contribution is 2.17. The topological polar surface area (TPSA) is 18.5 Å². The Kier molecular flexibility index (Phi) is 3.16. The van der Waals surface area contributed by atoms with Gasteiger partial charge in [-0.15, -0.1) is 0 Å². The van der Waals surface area contributed by atoms with Crippen molar-refractivity contribution in [1.29, 1.82) is 0 Å². The number of hydrogen-bond donors (Lipinski definition) is 0. The van der Waals surface area contributed by atoms with Crippen molar-refractivity contribution in [2.45, 2.75) is 32.8 Å². The Bertz CT molecular complexity index is 87.3. The van der Waals surface area contributed by atoms with Crippen molar-refractivity contribution in [1.82, 2.24) is 0 Å². The molecule has 1 aliphatic rings. The summed E-state index contributed by atoms with van der Waals surface area (Å²) in [5.41, 5.74) is 0. The molecule has 0 aromatic rings. The zero-order valence-corrected chi connectivity index (χ0v) is 6.80. The van der Waals surface area contributed by atoms with Gasteiger partial charge in [0.15, 0.2) is 0 Å². The Morgan fingerprint density at radius 3 is 2.90 bits per heavy atom. The molecule has 1 aliphatic heterocycles. The maximum absolute atomic E-state index is 5.41. The van der Waals surface area contributed by atoms with Crippen molar-refractivity contribution in [3.63, 3.8) is 0 Å². The Morgan fingerprint density at radius 1 is 1.60 bits per heavy atom. The first-order valence-electron chi connectivity index (χ1n) is 4.04. The van der Waals surface area contributed by atoms with E-state index in [1.54, 1.807) is 0 Å². The van der Waals surface area contributed by atoms with E-state index in [9.17, 15) is 0 Å². The average molecular weight is 144 g/mol. The van der Waals surface area contributed by atoms with E-state index in [1.165, 1.54) is 6.42 Å². The molecule has 2 nitrogen and oxygen atoms in total. The first-order valence-corrected chi connectivity index (χ1v) is 4.04. The Balaban J connectivity index is 2.24. The van der Waals surface area contributed by atoms with Crippen molar-refractivity contribution in [2.24, 2.45) is 5.92 Å². The molecule has 0 aromatic carbocycles. The van der Waals surface area contributed by atoms with E-state index in [2.05, 4.69) is 13.8 Å². The highest BCUT2D eigenvalue weighted by molar-refractivity contribution is 4.66. The maximum atomic E-state index is 5.41. The van der Waals surface area contributed by atoms with Gasteiger partial charge in [-0.3, -0.25) is 0 Å². The predicted molar refractivity (Wildman–Crippen MR) is 39.8 cm³/mol. The molecule has 1 rings (SSSR count). The van der Waals surface area contributed by atoms with Crippen LogP contribution in [0.1, 0.15) is 26.7 Å². The molecule has 0 aromatic heterocycles. The van der Waals surface area contributed by atoms with Gasteiger partial charge in [-0.05, 0) is 12.3 Å². The second-order valence-corrected chi connectivity index (χ2v) is 2.91. The van der Waals surface area contributed by atoms with Crippen molar-refractivity contribution in [3.05, 3.63) is 0 Å². The summed E-state index contributed by atoms with van der Waals surface area (Å²) in [7, 11) is 0. The third-order valence-electron chi connectivity index (χ3n) is 2.19. The second-order valence-electron chi connectivity index (χ2n) is 2.91. The summed E-state index contributed by atoms with van der Waals surface area (Å²) in [6.07, 6.45) is 2.71. The SMILES string of the molecule is CCC(C)C1CCOCO1. The summed E-state index contributed by atoms with van der Waals surface area (Å²) in [6, 6.07) is 0. The van der Waals surface area contributed by atoms with Crippen LogP contribution in [0.15, 0.2) is 0 Å². The van der Waals surface area contributed by atoms with E-state index in [4.69, 9.17) is 9.47 Å². The molecule has 1 heterocycles. The fourth-order valence-electron chi connectivity index (χ4n) is 1.19. The molecule has 0 aliphatic carbocycles. The lowest BCUT2D eigenvalue weighted by Crippen LogP contribution is -2.29.